The van der Waals surface area contributed by atoms with Crippen LogP contribution in [-0.2, 0) is 45.3 Å². The first-order chi connectivity index (χ1) is 14.6. The van der Waals surface area contributed by atoms with Crippen molar-refractivity contribution in [1.82, 2.24) is 0 Å². The smallest absolute Gasteiger partial charge is 0.491 e. The molecule has 0 fully saturated rings. The van der Waals surface area contributed by atoms with Crippen LogP contribution in [0.3, 0.4) is 0 Å². The quantitative estimate of drug-likeness (QED) is 0.0665. The summed E-state index contributed by atoms with van der Waals surface area (Å²) in [4.78, 5) is 31.3. The van der Waals surface area contributed by atoms with Gasteiger partial charge >= 0.3 is 41.7 Å². The van der Waals surface area contributed by atoms with Crippen LogP contribution in [0.15, 0.2) is 0 Å². The average molecular weight is 578 g/mol. The Morgan fingerprint density at radius 2 is 0.971 bits per heavy atom. The molecule has 34 heavy (non-hydrogen) atoms. The lowest BCUT2D eigenvalue weighted by Crippen LogP contribution is -2.37. The fraction of sp³-hybridized carbons (Fsp3) is 0.667. The van der Waals surface area contributed by atoms with Crippen molar-refractivity contribution >= 4 is 44.2 Å². The molecule has 0 aromatic rings. The van der Waals surface area contributed by atoms with Crippen LogP contribution in [-0.4, -0.2) is 82.2 Å². The molecule has 0 aliphatic rings. The van der Waals surface area contributed by atoms with Crippen LogP contribution in [0.5, 0.6) is 0 Å². The van der Waals surface area contributed by atoms with E-state index in [9.17, 15) is 66.5 Å². The summed E-state index contributed by atoms with van der Waals surface area (Å²) in [7, 11) is -2.04. The number of rotatable bonds is 0. The van der Waals surface area contributed by atoms with Gasteiger partial charge in [0.05, 0.1) is 12.5 Å². The number of carboxylic acid groups (broad SMARTS) is 1. The van der Waals surface area contributed by atoms with Gasteiger partial charge in [-0.05, 0) is 0 Å². The van der Waals surface area contributed by atoms with E-state index < -0.39 is 68.9 Å². The lowest BCUT2D eigenvalue weighted by Gasteiger charge is -2.06. The van der Waals surface area contributed by atoms with E-state index in [4.69, 9.17) is 15.2 Å². The zero-order valence-electron chi connectivity index (χ0n) is 16.7. The molecule has 0 rings (SSSR count). The van der Waals surface area contributed by atoms with E-state index >= 15 is 0 Å². The molecule has 0 saturated carbocycles. The minimum atomic E-state index is -5.62. The average Bonchev–Trinajstić information content (AvgIpc) is 2.51. The Morgan fingerprint density at radius 1 is 0.735 bits per heavy atom. The molecule has 0 aromatic heterocycles. The molecule has 0 saturated heterocycles. The maximum atomic E-state index is 11.7. The van der Waals surface area contributed by atoms with Gasteiger partial charge in [-0.15, -0.1) is 15.4 Å². The van der Waals surface area contributed by atoms with Crippen LogP contribution in [0.25, 0.3) is 0 Å². The largest absolute Gasteiger partial charge is 0.542 e. The Balaban J connectivity index is -0.000000190. The summed E-state index contributed by atoms with van der Waals surface area (Å²) >= 11 is 0. The molecule has 0 unspecified atom stereocenters. The Hall–Kier alpha value is -1.94. The maximum absolute atomic E-state index is 11.7. The predicted molar refractivity (Wildman–Crippen MR) is 89.6 cm³/mol. The molecule has 0 aliphatic carbocycles. The number of carboxylic acids is 1. The first kappa shape index (κ1) is 39.3. The van der Waals surface area contributed by atoms with Gasteiger partial charge in [0.25, 0.3) is 0 Å². The molecule has 0 aromatic carbocycles. The zero-order chi connectivity index (χ0) is 28.9. The van der Waals surface area contributed by atoms with E-state index in [0.29, 0.717) is 0 Å². The minimum absolute atomic E-state index is 0.611. The number of carbonyl (C=O) groups is 3. The van der Waals surface area contributed by atoms with Crippen molar-refractivity contribution in [2.24, 2.45) is 0 Å². The van der Waals surface area contributed by atoms with Crippen LogP contribution in [0, 0.1) is 0 Å². The van der Waals surface area contributed by atoms with Gasteiger partial charge in [0.1, 0.15) is 5.97 Å². The van der Waals surface area contributed by atoms with Crippen molar-refractivity contribution in [3.05, 3.63) is 0 Å². The second-order valence-corrected chi connectivity index (χ2v) is 8.67. The Bertz CT molecular complexity index is 690. The lowest BCUT2D eigenvalue weighted by atomic mass is 10.6. The topological polar surface area (TPSA) is 130 Å². The van der Waals surface area contributed by atoms with Crippen LogP contribution in [0.4, 0.5) is 52.7 Å². The van der Waals surface area contributed by atoms with Crippen molar-refractivity contribution in [2.75, 3.05) is 25.0 Å². The molecule has 0 heterocycles. The number of aliphatic carboxylic acids is 1. The van der Waals surface area contributed by atoms with Crippen LogP contribution >= 0.6 is 0 Å². The predicted octanol–water partition coefficient (Wildman–Crippen LogP) is 1.25. The number of esters is 2. The van der Waals surface area contributed by atoms with Crippen molar-refractivity contribution in [3.8, 4) is 0 Å². The summed E-state index contributed by atoms with van der Waals surface area (Å²) in [5.41, 5.74) is 0. The Labute approximate surface area is 186 Å². The summed E-state index contributed by atoms with van der Waals surface area (Å²) in [6, 6.07) is 0. The second kappa shape index (κ2) is 15.9. The number of hydrogen-bond acceptors (Lipinski definition) is 8. The van der Waals surface area contributed by atoms with Crippen LogP contribution in [0.1, 0.15) is 0 Å². The molecule has 1 N–H and O–H groups in total. The van der Waals surface area contributed by atoms with Crippen molar-refractivity contribution in [2.45, 2.75) is 24.7 Å². The van der Waals surface area contributed by atoms with Crippen molar-refractivity contribution in [1.29, 1.82) is 0 Å². The van der Waals surface area contributed by atoms with E-state index in [-0.39, 0.29) is 0 Å². The van der Waals surface area contributed by atoms with E-state index in [1.165, 1.54) is 12.5 Å². The summed E-state index contributed by atoms with van der Waals surface area (Å²) in [6.45, 7) is 0. The summed E-state index contributed by atoms with van der Waals surface area (Å²) < 4.78 is 146. The highest BCUT2D eigenvalue weighted by Gasteiger charge is 2.49. The molecule has 0 atom stereocenters. The minimum Gasteiger partial charge on any atom is -0.542 e. The first-order valence-corrected chi connectivity index (χ1v) is 11.2. The van der Waals surface area contributed by atoms with Crippen LogP contribution < -0.4 is 5.11 Å². The van der Waals surface area contributed by atoms with Gasteiger partial charge < -0.3 is 14.6 Å². The van der Waals surface area contributed by atoms with Gasteiger partial charge in [-0.1, -0.05) is 0 Å². The molecule has 0 aliphatic heterocycles. The van der Waals surface area contributed by atoms with E-state index in [0.717, 1.165) is 0 Å². The summed E-state index contributed by atoms with van der Waals surface area (Å²) in [5.74, 6) is -9.41. The van der Waals surface area contributed by atoms with Crippen LogP contribution in [0.2, 0.25) is 0 Å². The zero-order valence-corrected chi connectivity index (χ0v) is 18.4. The lowest BCUT2D eigenvalue weighted by molar-refractivity contribution is -0.344. The summed E-state index contributed by atoms with van der Waals surface area (Å²) in [5, 5.41) is 15.4. The van der Waals surface area contributed by atoms with Crippen molar-refractivity contribution in [3.63, 3.8) is 0 Å². The number of carbonyl (C=O) groups excluding carboxylic acids is 3. The van der Waals surface area contributed by atoms with Gasteiger partial charge in [0, 0.05) is 23.3 Å². The molecular weight excluding hydrogens is 564 g/mol. The third kappa shape index (κ3) is 24.7. The van der Waals surface area contributed by atoms with Gasteiger partial charge in [0.15, 0.2) is 0 Å². The number of halogens is 12. The molecular formula is C12H14F12O8S2. The highest BCUT2D eigenvalue weighted by Crippen LogP contribution is 2.21. The van der Waals surface area contributed by atoms with Gasteiger partial charge in [-0.2, -0.15) is 52.7 Å². The third-order valence-corrected chi connectivity index (χ3v) is 2.76. The molecule has 22 heteroatoms. The SMILES string of the molecule is CS(C)=O.C[SH+](C)=C(OO)C(F)(F)F.O=C(OC(=O)C(F)(F)F)C(F)(F)F.O=C([O-])C(F)(F)F. The molecule has 0 amide bonds. The fourth-order valence-corrected chi connectivity index (χ4v) is 1.26. The fourth-order valence-electron chi connectivity index (χ4n) is 0.587. The molecule has 0 radical (unpaired) electrons. The molecule has 206 valence electrons. The highest BCUT2D eigenvalue weighted by molar-refractivity contribution is 7.94. The van der Waals surface area contributed by atoms with E-state index in [1.54, 1.807) is 12.5 Å². The first-order valence-electron chi connectivity index (χ1n) is 6.98. The normalized spacial score (nSPS) is 11.7. The number of hydrogen-bond donors (Lipinski definition) is 1. The molecule has 0 spiro atoms. The standard InChI is InChI=1S/C4F6O3.C4H7F3O2S.C2HF3O2.C2H6OS/c5-3(6,7)1(11)13-2(12)4(8,9)10;1-10(2)3(9-8)4(5,6)7;3-2(4,5)1(6)7;1-4(2)3/h;8H,1-2H3;(H,6,7);1-2H3. The highest BCUT2D eigenvalue weighted by atomic mass is 32.2. The van der Waals surface area contributed by atoms with Gasteiger partial charge in [-0.25, -0.2) is 14.8 Å². The number of thiol groups is 1. The number of alkyl halides is 12. The summed E-state index contributed by atoms with van der Waals surface area (Å²) in [6.07, 6.45) is -15.0. The third-order valence-electron chi connectivity index (χ3n) is 1.61. The Kier molecular flexibility index (Phi) is 18.3. The number of ether oxygens (including phenoxy) is 1. The maximum Gasteiger partial charge on any atom is 0.491 e. The van der Waals surface area contributed by atoms with Crippen molar-refractivity contribution < 1.29 is 91.3 Å². The van der Waals surface area contributed by atoms with Gasteiger partial charge in [-0.3, -0.25) is 4.21 Å². The Morgan fingerprint density at radius 3 is 1.03 bits per heavy atom. The second-order valence-electron chi connectivity index (χ2n) is 4.99. The van der Waals surface area contributed by atoms with E-state index in [2.05, 4.69) is 9.62 Å². The monoisotopic (exact) mass is 578 g/mol. The molecule has 0 bridgehead atoms. The van der Waals surface area contributed by atoms with Gasteiger partial charge in [0.2, 0.25) is 0 Å². The molecule has 8 nitrogen and oxygen atoms in total. The van der Waals surface area contributed by atoms with E-state index in [1.807, 2.05) is 0 Å².